The third-order valence-corrected chi connectivity index (χ3v) is 6.46. The van der Waals surface area contributed by atoms with Crippen LogP contribution in [0.4, 0.5) is 10.1 Å². The minimum absolute atomic E-state index is 0.0472. The Bertz CT molecular complexity index is 1090. The number of carbonyl (C=O) groups is 1. The Kier molecular flexibility index (Phi) is 5.37. The molecule has 0 aliphatic carbocycles. The molecule has 7 nitrogen and oxygen atoms in total. The average Bonchev–Trinajstić information content (AvgIpc) is 2.67. The Balaban J connectivity index is 1.47. The summed E-state index contributed by atoms with van der Waals surface area (Å²) in [6, 6.07) is 5.75. The van der Waals surface area contributed by atoms with E-state index in [0.29, 0.717) is 53.8 Å². The van der Waals surface area contributed by atoms with Crippen LogP contribution in [-0.2, 0) is 27.7 Å². The van der Waals surface area contributed by atoms with Gasteiger partial charge in [-0.2, -0.15) is 0 Å². The molecular formula is C19H18ClFN2O5S. The number of benzene rings is 2. The van der Waals surface area contributed by atoms with Crippen LogP contribution in [0.15, 0.2) is 29.2 Å². The number of ether oxygens (including phenoxy) is 2. The molecule has 0 unspecified atom stereocenters. The molecule has 29 heavy (non-hydrogen) atoms. The van der Waals surface area contributed by atoms with Crippen LogP contribution < -0.4 is 19.5 Å². The van der Waals surface area contributed by atoms with Gasteiger partial charge in [0.15, 0.2) is 11.5 Å². The molecule has 154 valence electrons. The molecule has 0 atom stereocenters. The van der Waals surface area contributed by atoms with Gasteiger partial charge in [0.25, 0.3) is 0 Å². The first-order valence-corrected chi connectivity index (χ1v) is 10.9. The van der Waals surface area contributed by atoms with Crippen LogP contribution in [0.2, 0.25) is 5.02 Å². The minimum Gasteiger partial charge on any atom is -0.486 e. The van der Waals surface area contributed by atoms with Gasteiger partial charge in [-0.25, -0.2) is 17.5 Å². The van der Waals surface area contributed by atoms with E-state index in [9.17, 15) is 17.6 Å². The van der Waals surface area contributed by atoms with E-state index in [1.165, 1.54) is 6.07 Å². The largest absolute Gasteiger partial charge is 0.486 e. The fraction of sp³-hybridized carbons (Fsp3) is 0.316. The summed E-state index contributed by atoms with van der Waals surface area (Å²) in [5, 5.41) is 2.94. The van der Waals surface area contributed by atoms with Crippen molar-refractivity contribution in [3.8, 4) is 11.5 Å². The molecule has 0 radical (unpaired) electrons. The second-order valence-electron chi connectivity index (χ2n) is 6.74. The molecule has 10 heteroatoms. The van der Waals surface area contributed by atoms with Crippen molar-refractivity contribution in [3.63, 3.8) is 0 Å². The summed E-state index contributed by atoms with van der Waals surface area (Å²) >= 11 is 6.19. The summed E-state index contributed by atoms with van der Waals surface area (Å²) < 4.78 is 52.9. The summed E-state index contributed by atoms with van der Waals surface area (Å²) in [4.78, 5) is 11.0. The van der Waals surface area contributed by atoms with Crippen LogP contribution in [0, 0.1) is 5.82 Å². The highest BCUT2D eigenvalue weighted by Gasteiger charge is 2.24. The second-order valence-corrected chi connectivity index (χ2v) is 8.88. The molecule has 2 heterocycles. The predicted molar refractivity (Wildman–Crippen MR) is 105 cm³/mol. The van der Waals surface area contributed by atoms with Crippen LogP contribution in [0.1, 0.15) is 17.5 Å². The first-order chi connectivity index (χ1) is 13.8. The molecule has 2 N–H and O–H groups in total. The molecule has 0 saturated heterocycles. The topological polar surface area (TPSA) is 93.7 Å². The number of carbonyl (C=O) groups excluding carboxylic acids is 1. The number of hydrogen-bond acceptors (Lipinski definition) is 5. The van der Waals surface area contributed by atoms with E-state index in [1.54, 1.807) is 12.1 Å². The first-order valence-electron chi connectivity index (χ1n) is 9.03. The van der Waals surface area contributed by atoms with Gasteiger partial charge in [-0.1, -0.05) is 11.6 Å². The standard InChI is InChI=1S/C19H18ClFN2O5S/c20-13-7-11(8-16-19(13)28-6-5-27-16)3-4-22-29(25,26)17-9-12-1-2-18(24)23-15(12)10-14(17)21/h7-10,22H,1-6H2,(H,23,24). The van der Waals surface area contributed by atoms with Gasteiger partial charge < -0.3 is 14.8 Å². The fourth-order valence-electron chi connectivity index (χ4n) is 3.30. The van der Waals surface area contributed by atoms with Gasteiger partial charge in [0.05, 0.1) is 5.02 Å². The van der Waals surface area contributed by atoms with Crippen molar-refractivity contribution < 1.29 is 27.1 Å². The zero-order chi connectivity index (χ0) is 20.6. The van der Waals surface area contributed by atoms with E-state index in [0.717, 1.165) is 11.6 Å². The van der Waals surface area contributed by atoms with Gasteiger partial charge in [0.2, 0.25) is 15.9 Å². The molecule has 0 fully saturated rings. The molecule has 2 aliphatic heterocycles. The lowest BCUT2D eigenvalue weighted by atomic mass is 10.0. The molecule has 0 aromatic heterocycles. The molecule has 1 amide bonds. The summed E-state index contributed by atoms with van der Waals surface area (Å²) in [7, 11) is -4.06. The van der Waals surface area contributed by atoms with Gasteiger partial charge >= 0.3 is 0 Å². The number of sulfonamides is 1. The number of amides is 1. The minimum atomic E-state index is -4.06. The zero-order valence-corrected chi connectivity index (χ0v) is 16.8. The normalized spacial score (nSPS) is 15.6. The molecule has 4 rings (SSSR count). The van der Waals surface area contributed by atoms with Crippen LogP contribution in [0.3, 0.4) is 0 Å². The number of anilines is 1. The molecule has 0 saturated carbocycles. The molecule has 0 bridgehead atoms. The number of rotatable bonds is 5. The summed E-state index contributed by atoms with van der Waals surface area (Å²) in [5.41, 5.74) is 1.66. The van der Waals surface area contributed by atoms with E-state index in [2.05, 4.69) is 10.0 Å². The maximum atomic E-state index is 14.4. The van der Waals surface area contributed by atoms with Crippen LogP contribution in [0.5, 0.6) is 11.5 Å². The van der Waals surface area contributed by atoms with Crippen molar-refractivity contribution in [3.05, 3.63) is 46.2 Å². The highest BCUT2D eigenvalue weighted by Crippen LogP contribution is 2.38. The maximum Gasteiger partial charge on any atom is 0.243 e. The smallest absolute Gasteiger partial charge is 0.243 e. The molecule has 0 spiro atoms. The monoisotopic (exact) mass is 440 g/mol. The van der Waals surface area contributed by atoms with Crippen molar-refractivity contribution in [2.75, 3.05) is 25.1 Å². The van der Waals surface area contributed by atoms with Gasteiger partial charge in [0.1, 0.15) is 23.9 Å². The van der Waals surface area contributed by atoms with Crippen molar-refractivity contribution >= 4 is 33.2 Å². The Hall–Kier alpha value is -2.36. The van der Waals surface area contributed by atoms with E-state index < -0.39 is 20.7 Å². The van der Waals surface area contributed by atoms with Crippen molar-refractivity contribution in [2.24, 2.45) is 0 Å². The van der Waals surface area contributed by atoms with Crippen LogP contribution in [0.25, 0.3) is 0 Å². The maximum absolute atomic E-state index is 14.4. The highest BCUT2D eigenvalue weighted by atomic mass is 35.5. The van der Waals surface area contributed by atoms with E-state index >= 15 is 0 Å². The SMILES string of the molecule is O=C1CCc2cc(S(=O)(=O)NCCc3cc(Cl)c4c(c3)OCCO4)c(F)cc2N1. The number of hydrogen-bond donors (Lipinski definition) is 2. The number of fused-ring (bicyclic) bond motifs is 2. The van der Waals surface area contributed by atoms with Crippen molar-refractivity contribution in [1.82, 2.24) is 4.72 Å². The van der Waals surface area contributed by atoms with Crippen LogP contribution in [-0.4, -0.2) is 34.1 Å². The van der Waals surface area contributed by atoms with E-state index in [1.807, 2.05) is 0 Å². The van der Waals surface area contributed by atoms with Gasteiger partial charge in [-0.05, 0) is 48.2 Å². The Morgan fingerprint density at radius 1 is 1.14 bits per heavy atom. The molecule has 2 aliphatic rings. The van der Waals surface area contributed by atoms with Gasteiger partial charge in [-0.3, -0.25) is 4.79 Å². The van der Waals surface area contributed by atoms with E-state index in [-0.39, 0.29) is 18.9 Å². The number of halogens is 2. The van der Waals surface area contributed by atoms with E-state index in [4.69, 9.17) is 21.1 Å². The lowest BCUT2D eigenvalue weighted by Gasteiger charge is -2.20. The van der Waals surface area contributed by atoms with Crippen molar-refractivity contribution in [2.45, 2.75) is 24.2 Å². The summed E-state index contributed by atoms with van der Waals surface area (Å²) in [6.07, 6.45) is 0.925. The van der Waals surface area contributed by atoms with Crippen LogP contribution >= 0.6 is 11.6 Å². The third kappa shape index (κ3) is 4.17. The highest BCUT2D eigenvalue weighted by molar-refractivity contribution is 7.89. The Morgan fingerprint density at radius 3 is 2.76 bits per heavy atom. The second kappa shape index (κ2) is 7.81. The number of aryl methyl sites for hydroxylation is 1. The molecule has 2 aromatic rings. The lowest BCUT2D eigenvalue weighted by Crippen LogP contribution is -2.28. The molecule has 2 aromatic carbocycles. The first kappa shape index (κ1) is 19.9. The third-order valence-electron chi connectivity index (χ3n) is 4.71. The fourth-order valence-corrected chi connectivity index (χ4v) is 4.73. The summed E-state index contributed by atoms with van der Waals surface area (Å²) in [5.74, 6) is -0.139. The molecular weight excluding hydrogens is 423 g/mol. The lowest BCUT2D eigenvalue weighted by molar-refractivity contribution is -0.116. The Labute approximate surface area is 172 Å². The zero-order valence-electron chi connectivity index (χ0n) is 15.3. The van der Waals surface area contributed by atoms with Gasteiger partial charge in [0, 0.05) is 18.7 Å². The quantitative estimate of drug-likeness (QED) is 0.745. The Morgan fingerprint density at radius 2 is 1.93 bits per heavy atom. The van der Waals surface area contributed by atoms with Gasteiger partial charge in [-0.15, -0.1) is 0 Å². The number of nitrogens with one attached hydrogen (secondary N) is 2. The van der Waals surface area contributed by atoms with Crippen molar-refractivity contribution in [1.29, 1.82) is 0 Å². The average molecular weight is 441 g/mol. The predicted octanol–water partition coefficient (Wildman–Crippen LogP) is 2.66. The summed E-state index contributed by atoms with van der Waals surface area (Å²) in [6.45, 7) is 0.880.